The summed E-state index contributed by atoms with van der Waals surface area (Å²) in [4.78, 5) is 41.9. The summed E-state index contributed by atoms with van der Waals surface area (Å²) < 4.78 is 40.7. The van der Waals surface area contributed by atoms with E-state index in [0.29, 0.717) is 50.4 Å². The number of amides is 1. The molecule has 50 heavy (non-hydrogen) atoms. The summed E-state index contributed by atoms with van der Waals surface area (Å²) >= 11 is 0. The summed E-state index contributed by atoms with van der Waals surface area (Å²) in [5.41, 5.74) is 7.11. The number of unbranched alkanes of at least 4 members (excludes halogenated alkanes) is 2. The van der Waals surface area contributed by atoms with Crippen LogP contribution >= 0.6 is 0 Å². The number of hydrogen-bond acceptors (Lipinski definition) is 9. The summed E-state index contributed by atoms with van der Waals surface area (Å²) in [6.07, 6.45) is 5.43. The fourth-order valence-electron chi connectivity index (χ4n) is 8.00. The Balaban J connectivity index is 1.33. The summed E-state index contributed by atoms with van der Waals surface area (Å²) in [6.45, 7) is 11.3. The number of nitro groups is 1. The second-order valence-corrected chi connectivity index (χ2v) is 17.1. The molecule has 3 saturated carbocycles. The standard InChI is InChI=1S/C34H55BN6O8S/c1-23(2)19-30(35-48-29-22-25-21-28(33(25,3)4)34(29,5)49-35)39-31(43)24(13-12-17-37-32(36)40-41(44)45)20-26(42)14-8-7-11-18-38-50(46,47)27-15-9-6-10-16-27/h6,9-10,15-16,23-25,28-30,38H,7-8,11-14,17-22H2,1-5H3,(H,39,43)(H3,36,37,40)/t24-,25+,28+,29-,30+,34+/m1/s1. The highest BCUT2D eigenvalue weighted by Gasteiger charge is 2.68. The van der Waals surface area contributed by atoms with Gasteiger partial charge in [0.05, 0.1) is 22.5 Å². The van der Waals surface area contributed by atoms with Gasteiger partial charge in [-0.1, -0.05) is 57.7 Å². The number of carbonyl (C=O) groups excluding carboxylic acids is 2. The van der Waals surface area contributed by atoms with Crippen molar-refractivity contribution in [3.8, 4) is 0 Å². The Morgan fingerprint density at radius 2 is 1.84 bits per heavy atom. The van der Waals surface area contributed by atoms with Gasteiger partial charge in [-0.2, -0.15) is 0 Å². The molecule has 0 radical (unpaired) electrons. The number of carbonyl (C=O) groups is 2. The third-order valence-electron chi connectivity index (χ3n) is 10.9. The van der Waals surface area contributed by atoms with E-state index in [1.54, 1.807) is 23.6 Å². The smallest absolute Gasteiger partial charge is 0.404 e. The monoisotopic (exact) mass is 718 g/mol. The Bertz CT molecular complexity index is 1480. The van der Waals surface area contributed by atoms with Gasteiger partial charge in [-0.15, -0.1) is 0 Å². The van der Waals surface area contributed by atoms with Crippen molar-refractivity contribution in [1.82, 2.24) is 15.5 Å². The lowest BCUT2D eigenvalue weighted by molar-refractivity contribution is -0.525. The van der Waals surface area contributed by atoms with Crippen LogP contribution in [0.5, 0.6) is 0 Å². The van der Waals surface area contributed by atoms with Gasteiger partial charge in [0.25, 0.3) is 5.96 Å². The van der Waals surface area contributed by atoms with Gasteiger partial charge in [-0.25, -0.2) is 28.2 Å². The molecule has 1 heterocycles. The lowest BCUT2D eigenvalue weighted by atomic mass is 9.43. The van der Waals surface area contributed by atoms with E-state index in [9.17, 15) is 28.1 Å². The highest BCUT2D eigenvalue weighted by Crippen LogP contribution is 2.65. The zero-order valence-electron chi connectivity index (χ0n) is 30.1. The number of ketones is 1. The molecule has 4 aliphatic rings. The van der Waals surface area contributed by atoms with Gasteiger partial charge < -0.3 is 20.4 Å². The molecule has 4 fully saturated rings. The molecule has 0 aromatic heterocycles. The first-order chi connectivity index (χ1) is 23.5. The van der Waals surface area contributed by atoms with Crippen molar-refractivity contribution < 1.29 is 32.3 Å². The van der Waals surface area contributed by atoms with Crippen LogP contribution in [-0.2, 0) is 28.9 Å². The predicted octanol–water partition coefficient (Wildman–Crippen LogP) is 3.78. The number of nitrogens with two attached hydrogens (primary N) is 1. The molecule has 5 N–H and O–H groups in total. The minimum absolute atomic E-state index is 0.0257. The Morgan fingerprint density at radius 3 is 2.50 bits per heavy atom. The molecule has 14 nitrogen and oxygen atoms in total. The molecule has 6 atom stereocenters. The third-order valence-corrected chi connectivity index (χ3v) is 12.3. The molecule has 278 valence electrons. The van der Waals surface area contributed by atoms with Crippen LogP contribution in [0.25, 0.3) is 0 Å². The fourth-order valence-corrected chi connectivity index (χ4v) is 9.10. The Hall–Kier alpha value is -3.08. The van der Waals surface area contributed by atoms with Gasteiger partial charge in [0.1, 0.15) is 5.78 Å². The van der Waals surface area contributed by atoms with Crippen LogP contribution in [0.3, 0.4) is 0 Å². The maximum absolute atomic E-state index is 13.9. The van der Waals surface area contributed by atoms with Gasteiger partial charge >= 0.3 is 7.12 Å². The molecule has 0 unspecified atom stereocenters. The van der Waals surface area contributed by atoms with Crippen LogP contribution in [0.1, 0.15) is 98.8 Å². The van der Waals surface area contributed by atoms with Crippen LogP contribution in [0.15, 0.2) is 40.2 Å². The molecular weight excluding hydrogens is 663 g/mol. The minimum Gasteiger partial charge on any atom is -0.404 e. The number of hydrazine groups is 1. The molecule has 16 heteroatoms. The molecule has 1 aromatic carbocycles. The number of guanidine groups is 1. The summed E-state index contributed by atoms with van der Waals surface area (Å²) in [5, 5.41) is 13.0. The maximum atomic E-state index is 13.9. The van der Waals surface area contributed by atoms with E-state index in [1.165, 1.54) is 12.1 Å². The molecule has 1 aromatic rings. The van der Waals surface area contributed by atoms with E-state index in [1.807, 2.05) is 0 Å². The van der Waals surface area contributed by atoms with Gasteiger partial charge in [0.15, 0.2) is 5.03 Å². The molecule has 3 aliphatic carbocycles. The number of nitrogens with zero attached hydrogens (tertiary/aromatic N) is 2. The van der Waals surface area contributed by atoms with Crippen molar-refractivity contribution in [3.63, 3.8) is 0 Å². The SMILES string of the molecule is CC(C)C[C@H](NC(=O)[C@H](CCCN=C(N)N[N+](=O)[O-])CC(=O)CCCCCNS(=O)(=O)c1ccccc1)B1O[C@@H]2C[C@@H]3C[C@@H](C3(C)C)[C@]2(C)O1. The number of Topliss-reactive ketones (excluding diaryl/α,β-unsaturated/α-hetero) is 1. The van der Waals surface area contributed by atoms with Crippen molar-refractivity contribution in [2.24, 2.45) is 39.8 Å². The number of benzene rings is 1. The van der Waals surface area contributed by atoms with E-state index < -0.39 is 39.6 Å². The van der Waals surface area contributed by atoms with E-state index in [-0.39, 0.29) is 65.9 Å². The highest BCUT2D eigenvalue weighted by molar-refractivity contribution is 7.89. The van der Waals surface area contributed by atoms with Crippen molar-refractivity contribution in [1.29, 1.82) is 0 Å². The molecule has 1 amide bonds. The van der Waals surface area contributed by atoms with Crippen molar-refractivity contribution in [3.05, 3.63) is 40.4 Å². The van der Waals surface area contributed by atoms with Crippen molar-refractivity contribution in [2.75, 3.05) is 13.1 Å². The van der Waals surface area contributed by atoms with Gasteiger partial charge in [-0.05, 0) is 87.2 Å². The number of nitrogens with one attached hydrogen (secondary N) is 3. The molecule has 1 aliphatic heterocycles. The Labute approximate surface area is 296 Å². The molecule has 2 bridgehead atoms. The fraction of sp³-hybridized carbons (Fsp3) is 0.735. The van der Waals surface area contributed by atoms with E-state index in [4.69, 9.17) is 15.0 Å². The average molecular weight is 719 g/mol. The quantitative estimate of drug-likeness (QED) is 0.0384. The van der Waals surface area contributed by atoms with Gasteiger partial charge in [0.2, 0.25) is 15.9 Å². The molecule has 0 spiro atoms. The number of hydrogen-bond donors (Lipinski definition) is 4. The predicted molar refractivity (Wildman–Crippen MR) is 191 cm³/mol. The summed E-state index contributed by atoms with van der Waals surface area (Å²) in [6, 6.07) is 8.15. The zero-order chi connectivity index (χ0) is 36.7. The van der Waals surface area contributed by atoms with E-state index >= 15 is 0 Å². The normalized spacial score (nSPS) is 25.4. The zero-order valence-corrected chi connectivity index (χ0v) is 30.9. The topological polar surface area (TPSA) is 204 Å². The highest BCUT2D eigenvalue weighted by atomic mass is 32.2. The largest absolute Gasteiger partial charge is 0.481 e. The summed E-state index contributed by atoms with van der Waals surface area (Å²) in [7, 11) is -4.18. The summed E-state index contributed by atoms with van der Waals surface area (Å²) in [5.74, 6) is -0.498. The molecule has 5 rings (SSSR count). The van der Waals surface area contributed by atoms with Gasteiger partial charge in [-0.3, -0.25) is 9.59 Å². The molecular formula is C34H55BN6O8S. The van der Waals surface area contributed by atoms with Crippen LogP contribution in [0.2, 0.25) is 0 Å². The van der Waals surface area contributed by atoms with Crippen molar-refractivity contribution >= 4 is 34.8 Å². The van der Waals surface area contributed by atoms with Crippen LogP contribution in [0, 0.1) is 39.2 Å². The Kier molecular flexibility index (Phi) is 13.5. The van der Waals surface area contributed by atoms with Crippen LogP contribution in [-0.4, -0.2) is 69.0 Å². The third kappa shape index (κ3) is 10.0. The minimum atomic E-state index is -3.59. The second kappa shape index (κ2) is 17.0. The lowest BCUT2D eigenvalue weighted by Crippen LogP contribution is -2.65. The van der Waals surface area contributed by atoms with Gasteiger partial charge in [0, 0.05) is 31.8 Å². The van der Waals surface area contributed by atoms with E-state index in [2.05, 4.69) is 49.6 Å². The first-order valence-corrected chi connectivity index (χ1v) is 19.4. The van der Waals surface area contributed by atoms with E-state index in [0.717, 1.165) is 12.8 Å². The average Bonchev–Trinajstić information content (AvgIpc) is 3.41. The van der Waals surface area contributed by atoms with Crippen LogP contribution in [0.4, 0.5) is 0 Å². The van der Waals surface area contributed by atoms with Crippen molar-refractivity contribution in [2.45, 2.75) is 121 Å². The second-order valence-electron chi connectivity index (χ2n) is 15.3. The lowest BCUT2D eigenvalue weighted by Gasteiger charge is -2.64. The molecule has 1 saturated heterocycles. The number of rotatable bonds is 20. The first kappa shape index (κ1) is 39.7. The Morgan fingerprint density at radius 1 is 1.12 bits per heavy atom. The first-order valence-electron chi connectivity index (χ1n) is 17.9. The maximum Gasteiger partial charge on any atom is 0.481 e. The van der Waals surface area contributed by atoms with Crippen LogP contribution < -0.4 is 21.2 Å². The number of sulfonamides is 1. The number of aliphatic imine (C=N–C) groups is 1.